The zero-order chi connectivity index (χ0) is 24.6. The van der Waals surface area contributed by atoms with Gasteiger partial charge in [-0.25, -0.2) is 0 Å². The molecule has 0 unspecified atom stereocenters. The van der Waals surface area contributed by atoms with Gasteiger partial charge in [0.2, 0.25) is 0 Å². The summed E-state index contributed by atoms with van der Waals surface area (Å²) in [4.78, 5) is 0. The van der Waals surface area contributed by atoms with Crippen molar-refractivity contribution in [1.29, 1.82) is 0 Å². The molecule has 200 valence electrons. The first-order valence-electron chi connectivity index (χ1n) is 13.8. The molecule has 0 N–H and O–H groups in total. The van der Waals surface area contributed by atoms with E-state index in [2.05, 4.69) is 41.5 Å². The van der Waals surface area contributed by atoms with Gasteiger partial charge in [-0.2, -0.15) is 0 Å². The third kappa shape index (κ3) is 9.01. The van der Waals surface area contributed by atoms with E-state index in [9.17, 15) is 0 Å². The Morgan fingerprint density at radius 3 is 1.06 bits per heavy atom. The van der Waals surface area contributed by atoms with E-state index in [1.54, 1.807) is 0 Å². The molecule has 1 heterocycles. The molecule has 1 saturated heterocycles. The summed E-state index contributed by atoms with van der Waals surface area (Å²) in [7, 11) is 0. The molecule has 2 saturated carbocycles. The highest BCUT2D eigenvalue weighted by Crippen LogP contribution is 2.41. The lowest BCUT2D eigenvalue weighted by atomic mass is 9.71. The van der Waals surface area contributed by atoms with Crippen LogP contribution in [0.3, 0.4) is 0 Å². The normalized spacial score (nSPS) is 36.5. The van der Waals surface area contributed by atoms with Crippen LogP contribution in [0, 0.1) is 22.7 Å². The van der Waals surface area contributed by atoms with Gasteiger partial charge in [0.25, 0.3) is 0 Å². The smallest absolute Gasteiger partial charge is 0.0840 e. The molecule has 1 aliphatic heterocycles. The summed E-state index contributed by atoms with van der Waals surface area (Å²) in [5.41, 5.74) is 0.584. The van der Waals surface area contributed by atoms with Crippen LogP contribution in [-0.4, -0.2) is 77.3 Å². The van der Waals surface area contributed by atoms with Gasteiger partial charge in [0.15, 0.2) is 0 Å². The number of ether oxygens (including phenoxy) is 6. The summed E-state index contributed by atoms with van der Waals surface area (Å²) in [6.07, 6.45) is 7.08. The molecule has 3 rings (SSSR count). The maximum absolute atomic E-state index is 6.30. The van der Waals surface area contributed by atoms with Crippen LogP contribution in [0.1, 0.15) is 80.1 Å². The first-order valence-corrected chi connectivity index (χ1v) is 13.8. The largest absolute Gasteiger partial charge is 0.377 e. The fourth-order valence-corrected chi connectivity index (χ4v) is 5.75. The van der Waals surface area contributed by atoms with Crippen LogP contribution in [-0.2, 0) is 28.4 Å². The van der Waals surface area contributed by atoms with Gasteiger partial charge in [-0.3, -0.25) is 0 Å². The lowest BCUT2D eigenvalue weighted by molar-refractivity contribution is -0.142. The van der Waals surface area contributed by atoms with Crippen LogP contribution in [0.15, 0.2) is 0 Å². The van der Waals surface area contributed by atoms with E-state index in [1.165, 1.54) is 12.8 Å². The fourth-order valence-electron chi connectivity index (χ4n) is 5.75. The average molecular weight is 485 g/mol. The van der Waals surface area contributed by atoms with Gasteiger partial charge in [-0.05, 0) is 61.2 Å². The van der Waals surface area contributed by atoms with Gasteiger partial charge in [0.1, 0.15) is 0 Å². The topological polar surface area (TPSA) is 55.4 Å². The molecule has 0 aromatic heterocycles. The van der Waals surface area contributed by atoms with Crippen molar-refractivity contribution in [1.82, 2.24) is 0 Å². The lowest BCUT2D eigenvalue weighted by Gasteiger charge is -2.41. The predicted molar refractivity (Wildman–Crippen MR) is 134 cm³/mol. The van der Waals surface area contributed by atoms with Crippen LogP contribution < -0.4 is 0 Å². The Balaban J connectivity index is 1.52. The Labute approximate surface area is 208 Å². The first kappa shape index (κ1) is 28.3. The van der Waals surface area contributed by atoms with Crippen LogP contribution in [0.25, 0.3) is 0 Å². The van der Waals surface area contributed by atoms with Gasteiger partial charge in [0.05, 0.1) is 77.3 Å². The van der Waals surface area contributed by atoms with Gasteiger partial charge >= 0.3 is 0 Å². The van der Waals surface area contributed by atoms with E-state index in [1.807, 2.05) is 0 Å². The maximum atomic E-state index is 6.30. The molecule has 2 aliphatic carbocycles. The van der Waals surface area contributed by atoms with Crippen LogP contribution in [0.5, 0.6) is 0 Å². The minimum atomic E-state index is 0.123. The van der Waals surface area contributed by atoms with E-state index < -0.39 is 0 Å². The van der Waals surface area contributed by atoms with E-state index in [0.717, 1.165) is 25.7 Å². The SMILES string of the molecule is CC(C)(C)[C@@H]1CC[C@H]2OCCOCCO[C@H]3CC[C@@H](C(C)(C)C)C[C@H]3OCCOCCO[C@H]2C1. The molecule has 0 aromatic rings. The molecule has 0 aromatic carbocycles. The first-order chi connectivity index (χ1) is 16.1. The minimum Gasteiger partial charge on any atom is -0.377 e. The highest BCUT2D eigenvalue weighted by molar-refractivity contribution is 4.88. The van der Waals surface area contributed by atoms with Gasteiger partial charge in [-0.15, -0.1) is 0 Å². The summed E-state index contributed by atoms with van der Waals surface area (Å²) < 4.78 is 36.8. The van der Waals surface area contributed by atoms with Gasteiger partial charge in [-0.1, -0.05) is 41.5 Å². The number of fused-ring (bicyclic) bond motifs is 2. The summed E-state index contributed by atoms with van der Waals surface area (Å²) >= 11 is 0. The fraction of sp³-hybridized carbons (Fsp3) is 1.00. The molecule has 6 nitrogen and oxygen atoms in total. The molecule has 6 heteroatoms. The molecule has 3 fully saturated rings. The third-order valence-corrected chi connectivity index (χ3v) is 8.15. The molecule has 0 radical (unpaired) electrons. The van der Waals surface area contributed by atoms with E-state index in [4.69, 9.17) is 28.4 Å². The standard InChI is InChI=1S/C28H52O6/c1-27(2,3)21-7-9-23-25(19-21)33-17-13-30-14-18-34-26-20-22(28(4,5)6)8-10-24(26)32-16-12-29-11-15-31-23/h21-26H,7-20H2,1-6H3/t21-,22-,23-,24+,25+,26-/m1/s1. The maximum Gasteiger partial charge on any atom is 0.0840 e. The van der Waals surface area contributed by atoms with Crippen molar-refractivity contribution in [3.63, 3.8) is 0 Å². The van der Waals surface area contributed by atoms with Crippen molar-refractivity contribution >= 4 is 0 Å². The van der Waals surface area contributed by atoms with Crippen LogP contribution in [0.4, 0.5) is 0 Å². The van der Waals surface area contributed by atoms with Crippen molar-refractivity contribution < 1.29 is 28.4 Å². The second-order valence-corrected chi connectivity index (χ2v) is 12.6. The third-order valence-electron chi connectivity index (χ3n) is 8.15. The average Bonchev–Trinajstić information content (AvgIpc) is 2.77. The Morgan fingerprint density at radius 2 is 0.735 bits per heavy atom. The molecule has 0 spiro atoms. The summed E-state index contributed by atoms with van der Waals surface area (Å²) in [5.74, 6) is 1.30. The summed E-state index contributed by atoms with van der Waals surface area (Å²) in [6.45, 7) is 18.8. The van der Waals surface area contributed by atoms with E-state index >= 15 is 0 Å². The Morgan fingerprint density at radius 1 is 0.412 bits per heavy atom. The second-order valence-electron chi connectivity index (χ2n) is 12.6. The molecular formula is C28H52O6. The molecule has 3 aliphatic rings. The van der Waals surface area contributed by atoms with Crippen LogP contribution >= 0.6 is 0 Å². The zero-order valence-electron chi connectivity index (χ0n) is 22.8. The number of rotatable bonds is 0. The Kier molecular flexibility index (Phi) is 11.1. The van der Waals surface area contributed by atoms with Gasteiger partial charge in [0, 0.05) is 0 Å². The zero-order valence-corrected chi connectivity index (χ0v) is 22.8. The molecule has 0 amide bonds. The molecule has 6 atom stereocenters. The monoisotopic (exact) mass is 484 g/mol. The summed E-state index contributed by atoms with van der Waals surface area (Å²) in [5, 5.41) is 0. The van der Waals surface area contributed by atoms with Crippen molar-refractivity contribution in [2.45, 2.75) is 104 Å². The summed E-state index contributed by atoms with van der Waals surface area (Å²) in [6, 6.07) is 0. The number of hydrogen-bond donors (Lipinski definition) is 0. The molecular weight excluding hydrogens is 432 g/mol. The van der Waals surface area contributed by atoms with E-state index in [0.29, 0.717) is 75.5 Å². The number of hydrogen-bond acceptors (Lipinski definition) is 6. The molecule has 0 bridgehead atoms. The quantitative estimate of drug-likeness (QED) is 0.467. The van der Waals surface area contributed by atoms with Crippen molar-refractivity contribution in [2.75, 3.05) is 52.9 Å². The van der Waals surface area contributed by atoms with E-state index in [-0.39, 0.29) is 24.4 Å². The highest BCUT2D eigenvalue weighted by atomic mass is 16.6. The Hall–Kier alpha value is -0.240. The highest BCUT2D eigenvalue weighted by Gasteiger charge is 2.38. The van der Waals surface area contributed by atoms with Gasteiger partial charge < -0.3 is 28.4 Å². The van der Waals surface area contributed by atoms with Crippen molar-refractivity contribution in [3.05, 3.63) is 0 Å². The minimum absolute atomic E-state index is 0.123. The molecule has 34 heavy (non-hydrogen) atoms. The second kappa shape index (κ2) is 13.3. The van der Waals surface area contributed by atoms with Crippen LogP contribution in [0.2, 0.25) is 0 Å². The lowest BCUT2D eigenvalue weighted by Crippen LogP contribution is -2.43. The predicted octanol–water partition coefficient (Wildman–Crippen LogP) is 5.27. The van der Waals surface area contributed by atoms with Crippen molar-refractivity contribution in [3.8, 4) is 0 Å². The van der Waals surface area contributed by atoms with Crippen molar-refractivity contribution in [2.24, 2.45) is 22.7 Å². The Bertz CT molecular complexity index is 520.